The average molecular weight is 290 g/mol. The van der Waals surface area contributed by atoms with E-state index in [4.69, 9.17) is 5.11 Å². The van der Waals surface area contributed by atoms with E-state index in [1.807, 2.05) is 13.0 Å². The number of rotatable bonds is 4. The number of aryl methyl sites for hydroxylation is 2. The monoisotopic (exact) mass is 290 g/mol. The lowest BCUT2D eigenvalue weighted by Gasteiger charge is -2.24. The lowest BCUT2D eigenvalue weighted by atomic mass is 10.00. The van der Waals surface area contributed by atoms with Crippen molar-refractivity contribution in [2.24, 2.45) is 0 Å². The molecule has 0 saturated carbocycles. The fraction of sp³-hybridized carbons (Fsp3) is 0.429. The molecule has 0 aliphatic heterocycles. The molecule has 2 rings (SSSR count). The number of fused-ring (bicyclic) bond motifs is 1. The molecule has 0 saturated heterocycles. The Bertz CT molecular complexity index is 718. The molecule has 21 heavy (non-hydrogen) atoms. The van der Waals surface area contributed by atoms with E-state index >= 15 is 0 Å². The second kappa shape index (κ2) is 5.16. The Morgan fingerprint density at radius 2 is 2.05 bits per heavy atom. The van der Waals surface area contributed by atoms with E-state index < -0.39 is 11.5 Å². The van der Waals surface area contributed by atoms with E-state index in [9.17, 15) is 9.59 Å². The maximum Gasteiger partial charge on any atom is 0.305 e. The van der Waals surface area contributed by atoms with Crippen LogP contribution in [0.25, 0.3) is 5.65 Å². The van der Waals surface area contributed by atoms with Crippen molar-refractivity contribution >= 4 is 17.5 Å². The Morgan fingerprint density at radius 3 is 2.67 bits per heavy atom. The van der Waals surface area contributed by atoms with Gasteiger partial charge in [0, 0.05) is 17.8 Å². The summed E-state index contributed by atoms with van der Waals surface area (Å²) in [6.45, 7) is 6.96. The van der Waals surface area contributed by atoms with Gasteiger partial charge >= 0.3 is 5.97 Å². The number of carboxylic acids is 1. The topological polar surface area (TPSA) is 96.6 Å². The molecule has 0 atom stereocenters. The van der Waals surface area contributed by atoms with Crippen molar-refractivity contribution in [3.63, 3.8) is 0 Å². The van der Waals surface area contributed by atoms with Crippen molar-refractivity contribution in [3.8, 4) is 0 Å². The van der Waals surface area contributed by atoms with Crippen LogP contribution in [0.2, 0.25) is 0 Å². The van der Waals surface area contributed by atoms with Crippen LogP contribution in [-0.2, 0) is 4.79 Å². The molecule has 0 radical (unpaired) electrons. The predicted molar refractivity (Wildman–Crippen MR) is 76.3 cm³/mol. The van der Waals surface area contributed by atoms with Crippen LogP contribution >= 0.6 is 0 Å². The number of aromatic nitrogens is 3. The van der Waals surface area contributed by atoms with Crippen LogP contribution in [0.1, 0.15) is 42.0 Å². The molecule has 0 fully saturated rings. The lowest BCUT2D eigenvalue weighted by Crippen LogP contribution is -2.45. The Labute approximate surface area is 122 Å². The second-order valence-corrected chi connectivity index (χ2v) is 5.72. The minimum absolute atomic E-state index is 0.158. The minimum atomic E-state index is -0.965. The molecule has 2 N–H and O–H groups in total. The third-order valence-corrected chi connectivity index (χ3v) is 3.14. The largest absolute Gasteiger partial charge is 0.481 e. The van der Waals surface area contributed by atoms with E-state index in [1.54, 1.807) is 25.3 Å². The molecular weight excluding hydrogens is 272 g/mol. The summed E-state index contributed by atoms with van der Waals surface area (Å²) in [5.74, 6) is -1.32. The van der Waals surface area contributed by atoms with Gasteiger partial charge in [-0.1, -0.05) is 0 Å². The summed E-state index contributed by atoms with van der Waals surface area (Å²) in [6.07, 6.45) is 1.33. The van der Waals surface area contributed by atoms with E-state index in [2.05, 4.69) is 15.4 Å². The maximum atomic E-state index is 12.3. The first-order chi connectivity index (χ1) is 9.69. The smallest absolute Gasteiger partial charge is 0.305 e. The van der Waals surface area contributed by atoms with Crippen LogP contribution in [0.3, 0.4) is 0 Å². The Morgan fingerprint density at radius 1 is 1.38 bits per heavy atom. The minimum Gasteiger partial charge on any atom is -0.481 e. The van der Waals surface area contributed by atoms with Crippen molar-refractivity contribution in [2.75, 3.05) is 0 Å². The van der Waals surface area contributed by atoms with Crippen molar-refractivity contribution in [1.82, 2.24) is 19.9 Å². The normalized spacial score (nSPS) is 11.6. The molecule has 0 aliphatic rings. The molecule has 0 aliphatic carbocycles. The van der Waals surface area contributed by atoms with Crippen molar-refractivity contribution < 1.29 is 14.7 Å². The standard InChI is InChI=1S/C14H18N4O3/c1-8-5-11-15-7-10(9(2)18(11)17-8)13(21)16-14(3,4)6-12(19)20/h5,7H,6H2,1-4H3,(H,16,21)(H,19,20). The highest BCUT2D eigenvalue weighted by Crippen LogP contribution is 2.14. The number of hydrogen-bond acceptors (Lipinski definition) is 4. The molecule has 2 aromatic rings. The number of carbonyl (C=O) groups excluding carboxylic acids is 1. The molecule has 0 unspecified atom stereocenters. The summed E-state index contributed by atoms with van der Waals surface area (Å²) < 4.78 is 1.61. The van der Waals surface area contributed by atoms with Crippen molar-refractivity contribution in [2.45, 2.75) is 39.7 Å². The van der Waals surface area contributed by atoms with Gasteiger partial charge in [-0.05, 0) is 27.7 Å². The van der Waals surface area contributed by atoms with Crippen molar-refractivity contribution in [1.29, 1.82) is 0 Å². The third-order valence-electron chi connectivity index (χ3n) is 3.14. The third kappa shape index (κ3) is 3.18. The number of hydrogen-bond donors (Lipinski definition) is 2. The first-order valence-corrected chi connectivity index (χ1v) is 6.56. The molecule has 0 spiro atoms. The summed E-state index contributed by atoms with van der Waals surface area (Å²) in [7, 11) is 0. The molecule has 7 nitrogen and oxygen atoms in total. The summed E-state index contributed by atoms with van der Waals surface area (Å²) in [6, 6.07) is 1.82. The maximum absolute atomic E-state index is 12.3. The van der Waals surface area contributed by atoms with Gasteiger partial charge in [0.2, 0.25) is 0 Å². The number of nitrogens with zero attached hydrogens (tertiary/aromatic N) is 3. The van der Waals surface area contributed by atoms with Crippen LogP contribution in [0.5, 0.6) is 0 Å². The van der Waals surface area contributed by atoms with Gasteiger partial charge in [-0.15, -0.1) is 0 Å². The fourth-order valence-electron chi connectivity index (χ4n) is 2.18. The van der Waals surface area contributed by atoms with Gasteiger partial charge in [0.25, 0.3) is 5.91 Å². The number of nitrogens with one attached hydrogen (secondary N) is 1. The van der Waals surface area contributed by atoms with E-state index in [0.29, 0.717) is 16.9 Å². The van der Waals surface area contributed by atoms with Crippen LogP contribution in [0.15, 0.2) is 12.3 Å². The summed E-state index contributed by atoms with van der Waals surface area (Å²) >= 11 is 0. The Balaban J connectivity index is 2.31. The zero-order valence-corrected chi connectivity index (χ0v) is 12.5. The molecule has 0 bridgehead atoms. The van der Waals surface area contributed by atoms with Gasteiger partial charge in [0.05, 0.1) is 23.4 Å². The van der Waals surface area contributed by atoms with Gasteiger partial charge in [-0.2, -0.15) is 5.10 Å². The fourth-order valence-corrected chi connectivity index (χ4v) is 2.18. The SMILES string of the molecule is Cc1cc2ncc(C(=O)NC(C)(C)CC(=O)O)c(C)n2n1. The first-order valence-electron chi connectivity index (χ1n) is 6.56. The van der Waals surface area contributed by atoms with Crippen LogP contribution in [-0.4, -0.2) is 37.1 Å². The quantitative estimate of drug-likeness (QED) is 0.885. The lowest BCUT2D eigenvalue weighted by molar-refractivity contribution is -0.138. The number of carbonyl (C=O) groups is 2. The van der Waals surface area contributed by atoms with Crippen LogP contribution < -0.4 is 5.32 Å². The van der Waals surface area contributed by atoms with E-state index in [1.165, 1.54) is 6.20 Å². The van der Waals surface area contributed by atoms with Gasteiger partial charge in [-0.3, -0.25) is 9.59 Å². The highest BCUT2D eigenvalue weighted by Gasteiger charge is 2.25. The summed E-state index contributed by atoms with van der Waals surface area (Å²) in [5, 5.41) is 15.8. The molecule has 1 amide bonds. The van der Waals surface area contributed by atoms with E-state index in [0.717, 1.165) is 5.69 Å². The predicted octanol–water partition coefficient (Wildman–Crippen LogP) is 1.33. The molecular formula is C14H18N4O3. The molecule has 7 heteroatoms. The average Bonchev–Trinajstić information content (AvgIpc) is 2.68. The van der Waals surface area contributed by atoms with E-state index in [-0.39, 0.29) is 12.3 Å². The zero-order valence-electron chi connectivity index (χ0n) is 12.5. The van der Waals surface area contributed by atoms with Crippen molar-refractivity contribution in [3.05, 3.63) is 29.2 Å². The highest BCUT2D eigenvalue weighted by molar-refractivity contribution is 5.95. The number of carboxylic acid groups (broad SMARTS) is 1. The summed E-state index contributed by atoms with van der Waals surface area (Å²) in [5.41, 5.74) is 1.69. The van der Waals surface area contributed by atoms with Gasteiger partial charge in [0.15, 0.2) is 5.65 Å². The molecule has 0 aromatic carbocycles. The molecule has 2 aromatic heterocycles. The van der Waals surface area contributed by atoms with Gasteiger partial charge < -0.3 is 10.4 Å². The zero-order chi connectivity index (χ0) is 15.8. The van der Waals surface area contributed by atoms with Gasteiger partial charge in [-0.25, -0.2) is 9.50 Å². The highest BCUT2D eigenvalue weighted by atomic mass is 16.4. The van der Waals surface area contributed by atoms with Crippen LogP contribution in [0.4, 0.5) is 0 Å². The first kappa shape index (κ1) is 15.0. The number of aliphatic carboxylic acids is 1. The molecule has 2 heterocycles. The second-order valence-electron chi connectivity index (χ2n) is 5.72. The number of amides is 1. The Kier molecular flexibility index (Phi) is 3.67. The Hall–Kier alpha value is -2.44. The summed E-state index contributed by atoms with van der Waals surface area (Å²) in [4.78, 5) is 27.3. The molecule has 112 valence electrons. The van der Waals surface area contributed by atoms with Crippen LogP contribution in [0, 0.1) is 13.8 Å². The van der Waals surface area contributed by atoms with Gasteiger partial charge in [0.1, 0.15) is 0 Å².